The van der Waals surface area contributed by atoms with E-state index >= 15 is 0 Å². The summed E-state index contributed by atoms with van der Waals surface area (Å²) in [6.45, 7) is 1.27. The van der Waals surface area contributed by atoms with Crippen LogP contribution in [0, 0.1) is 0 Å². The van der Waals surface area contributed by atoms with Crippen molar-refractivity contribution in [3.8, 4) is 0 Å². The first-order valence-electron chi connectivity index (χ1n) is 5.27. The minimum Gasteiger partial charge on any atom is -0.365 e. The van der Waals surface area contributed by atoms with E-state index in [-0.39, 0.29) is 0 Å². The van der Waals surface area contributed by atoms with Gasteiger partial charge in [-0.1, -0.05) is 24.3 Å². The van der Waals surface area contributed by atoms with E-state index in [0.29, 0.717) is 13.1 Å². The second-order valence-corrected chi connectivity index (χ2v) is 4.45. The molecule has 4 nitrogen and oxygen atoms in total. The monoisotopic (exact) mass is 292 g/mol. The zero-order chi connectivity index (χ0) is 12.1. The van der Waals surface area contributed by atoms with Gasteiger partial charge in [0, 0.05) is 19.3 Å². The predicted molar refractivity (Wildman–Crippen MR) is 71.4 cm³/mol. The van der Waals surface area contributed by atoms with Crippen molar-refractivity contribution in [2.24, 2.45) is 5.73 Å². The van der Waals surface area contributed by atoms with E-state index in [4.69, 9.17) is 5.73 Å². The Kier molecular flexibility index (Phi) is 4.06. The van der Waals surface area contributed by atoms with Crippen molar-refractivity contribution in [1.29, 1.82) is 0 Å². The third-order valence-electron chi connectivity index (χ3n) is 2.35. The van der Waals surface area contributed by atoms with E-state index in [1.807, 2.05) is 12.1 Å². The maximum absolute atomic E-state index is 5.60. The van der Waals surface area contributed by atoms with Crippen LogP contribution in [0.3, 0.4) is 0 Å². The lowest BCUT2D eigenvalue weighted by molar-refractivity contribution is 1.04. The number of nitrogens with one attached hydrogen (secondary N) is 1. The molecule has 0 atom stereocenters. The molecule has 0 spiro atoms. The van der Waals surface area contributed by atoms with E-state index in [2.05, 4.69) is 43.3 Å². The number of rotatable bonds is 4. The minimum atomic E-state index is 0.561. The molecule has 0 unspecified atom stereocenters. The lowest BCUT2D eigenvalue weighted by Gasteiger charge is -2.07. The SMILES string of the molecule is NCc1cccc(CNc2ncncc2Br)c1. The first kappa shape index (κ1) is 12.0. The summed E-state index contributed by atoms with van der Waals surface area (Å²) in [4.78, 5) is 8.05. The van der Waals surface area contributed by atoms with Crippen molar-refractivity contribution in [3.05, 3.63) is 52.4 Å². The van der Waals surface area contributed by atoms with Crippen molar-refractivity contribution in [1.82, 2.24) is 9.97 Å². The molecular weight excluding hydrogens is 280 g/mol. The van der Waals surface area contributed by atoms with Crippen LogP contribution in [0.25, 0.3) is 0 Å². The Hall–Kier alpha value is -1.46. The summed E-state index contributed by atoms with van der Waals surface area (Å²) in [7, 11) is 0. The number of nitrogens with zero attached hydrogens (tertiary/aromatic N) is 2. The van der Waals surface area contributed by atoms with Gasteiger partial charge in [0.05, 0.1) is 4.47 Å². The molecule has 1 aromatic carbocycles. The highest BCUT2D eigenvalue weighted by Crippen LogP contribution is 2.18. The Bertz CT molecular complexity index is 501. The topological polar surface area (TPSA) is 63.8 Å². The fourth-order valence-electron chi connectivity index (χ4n) is 1.50. The van der Waals surface area contributed by atoms with Crippen LogP contribution in [0.4, 0.5) is 5.82 Å². The first-order valence-corrected chi connectivity index (χ1v) is 6.06. The molecule has 5 heteroatoms. The molecule has 1 aromatic heterocycles. The summed E-state index contributed by atoms with van der Waals surface area (Å²) in [5.74, 6) is 0.790. The second kappa shape index (κ2) is 5.75. The van der Waals surface area contributed by atoms with Gasteiger partial charge in [0.25, 0.3) is 0 Å². The van der Waals surface area contributed by atoms with Crippen molar-refractivity contribution in [2.45, 2.75) is 13.1 Å². The number of hydrogen-bond acceptors (Lipinski definition) is 4. The van der Waals surface area contributed by atoms with Crippen LogP contribution in [0.1, 0.15) is 11.1 Å². The van der Waals surface area contributed by atoms with Crippen LogP contribution in [-0.2, 0) is 13.1 Å². The van der Waals surface area contributed by atoms with Crippen LogP contribution in [-0.4, -0.2) is 9.97 Å². The van der Waals surface area contributed by atoms with Gasteiger partial charge in [-0.05, 0) is 27.1 Å². The van der Waals surface area contributed by atoms with Gasteiger partial charge in [0.15, 0.2) is 0 Å². The molecular formula is C12H13BrN4. The zero-order valence-corrected chi connectivity index (χ0v) is 10.8. The highest BCUT2D eigenvalue weighted by atomic mass is 79.9. The van der Waals surface area contributed by atoms with Gasteiger partial charge in [-0.25, -0.2) is 9.97 Å². The molecule has 3 N–H and O–H groups in total. The quantitative estimate of drug-likeness (QED) is 0.908. The van der Waals surface area contributed by atoms with Gasteiger partial charge in [-0.3, -0.25) is 0 Å². The van der Waals surface area contributed by atoms with Gasteiger partial charge in [0.1, 0.15) is 12.1 Å². The summed E-state index contributed by atoms with van der Waals surface area (Å²) in [5, 5.41) is 3.24. The number of benzene rings is 1. The average molecular weight is 293 g/mol. The summed E-state index contributed by atoms with van der Waals surface area (Å²) in [5.41, 5.74) is 7.91. The van der Waals surface area contributed by atoms with Crippen molar-refractivity contribution in [3.63, 3.8) is 0 Å². The van der Waals surface area contributed by atoms with Crippen molar-refractivity contribution in [2.75, 3.05) is 5.32 Å². The van der Waals surface area contributed by atoms with Gasteiger partial charge < -0.3 is 11.1 Å². The molecule has 0 aliphatic heterocycles. The Morgan fingerprint density at radius 1 is 1.29 bits per heavy atom. The molecule has 0 saturated heterocycles. The van der Waals surface area contributed by atoms with Crippen molar-refractivity contribution >= 4 is 21.7 Å². The molecule has 0 aliphatic rings. The number of anilines is 1. The van der Waals surface area contributed by atoms with Gasteiger partial charge >= 0.3 is 0 Å². The average Bonchev–Trinajstić information content (AvgIpc) is 2.38. The van der Waals surface area contributed by atoms with E-state index in [0.717, 1.165) is 15.9 Å². The predicted octanol–water partition coefficient (Wildman–Crippen LogP) is 2.31. The van der Waals surface area contributed by atoms with E-state index in [1.165, 1.54) is 11.9 Å². The molecule has 0 radical (unpaired) electrons. The smallest absolute Gasteiger partial charge is 0.144 e. The molecule has 17 heavy (non-hydrogen) atoms. The molecule has 0 saturated carbocycles. The lowest BCUT2D eigenvalue weighted by Crippen LogP contribution is -2.03. The largest absolute Gasteiger partial charge is 0.365 e. The zero-order valence-electron chi connectivity index (χ0n) is 9.23. The molecule has 1 heterocycles. The summed E-state index contributed by atoms with van der Waals surface area (Å²) in [6.07, 6.45) is 3.23. The maximum Gasteiger partial charge on any atom is 0.144 e. The highest BCUT2D eigenvalue weighted by molar-refractivity contribution is 9.10. The van der Waals surface area contributed by atoms with Crippen LogP contribution in [0.5, 0.6) is 0 Å². The molecule has 0 bridgehead atoms. The fraction of sp³-hybridized carbons (Fsp3) is 0.167. The van der Waals surface area contributed by atoms with Crippen LogP contribution in [0.2, 0.25) is 0 Å². The molecule has 0 fully saturated rings. The molecule has 0 amide bonds. The van der Waals surface area contributed by atoms with E-state index in [9.17, 15) is 0 Å². The standard InChI is InChI=1S/C12H13BrN4/c13-11-7-15-8-17-12(11)16-6-10-3-1-2-9(4-10)5-14/h1-4,7-8H,5-6,14H2,(H,15,16,17). The number of aromatic nitrogens is 2. The van der Waals surface area contributed by atoms with Gasteiger partial charge in [0.2, 0.25) is 0 Å². The third kappa shape index (κ3) is 3.25. The Morgan fingerprint density at radius 3 is 2.88 bits per heavy atom. The maximum atomic E-state index is 5.60. The second-order valence-electron chi connectivity index (χ2n) is 3.60. The molecule has 88 valence electrons. The van der Waals surface area contributed by atoms with Crippen LogP contribution < -0.4 is 11.1 Å². The van der Waals surface area contributed by atoms with Crippen LogP contribution in [0.15, 0.2) is 41.3 Å². The number of hydrogen-bond donors (Lipinski definition) is 2. The summed E-state index contributed by atoms with van der Waals surface area (Å²) in [6, 6.07) is 8.17. The minimum absolute atomic E-state index is 0.561. The normalized spacial score (nSPS) is 10.2. The summed E-state index contributed by atoms with van der Waals surface area (Å²) < 4.78 is 0.856. The number of halogens is 1. The Labute approximate surface area is 108 Å². The van der Waals surface area contributed by atoms with E-state index < -0.39 is 0 Å². The Morgan fingerprint density at radius 2 is 2.12 bits per heavy atom. The first-order chi connectivity index (χ1) is 8.29. The molecule has 2 aromatic rings. The van der Waals surface area contributed by atoms with Crippen LogP contribution >= 0.6 is 15.9 Å². The van der Waals surface area contributed by atoms with Gasteiger partial charge in [-0.15, -0.1) is 0 Å². The molecule has 2 rings (SSSR count). The fourth-order valence-corrected chi connectivity index (χ4v) is 1.86. The highest BCUT2D eigenvalue weighted by Gasteiger charge is 2.00. The Balaban J connectivity index is 2.05. The third-order valence-corrected chi connectivity index (χ3v) is 2.93. The van der Waals surface area contributed by atoms with Crippen molar-refractivity contribution < 1.29 is 0 Å². The molecule has 0 aliphatic carbocycles. The summed E-state index contributed by atoms with van der Waals surface area (Å²) >= 11 is 3.39. The van der Waals surface area contributed by atoms with Gasteiger partial charge in [-0.2, -0.15) is 0 Å². The lowest BCUT2D eigenvalue weighted by atomic mass is 10.1. The number of nitrogens with two attached hydrogens (primary N) is 1. The van der Waals surface area contributed by atoms with E-state index in [1.54, 1.807) is 6.20 Å².